The van der Waals surface area contributed by atoms with Gasteiger partial charge >= 0.3 is 5.97 Å². The predicted molar refractivity (Wildman–Crippen MR) is 56.7 cm³/mol. The highest BCUT2D eigenvalue weighted by Crippen LogP contribution is 1.96. The van der Waals surface area contributed by atoms with E-state index in [4.69, 9.17) is 9.26 Å². The molecule has 6 heteroatoms. The van der Waals surface area contributed by atoms with Crippen molar-refractivity contribution >= 4 is 5.97 Å². The van der Waals surface area contributed by atoms with Crippen LogP contribution in [0.5, 0.6) is 0 Å². The third-order valence-corrected chi connectivity index (χ3v) is 2.02. The van der Waals surface area contributed by atoms with Gasteiger partial charge in [-0.1, -0.05) is 5.16 Å². The van der Waals surface area contributed by atoms with E-state index < -0.39 is 0 Å². The number of hydrogen-bond donors (Lipinski definition) is 1. The van der Waals surface area contributed by atoms with Gasteiger partial charge < -0.3 is 14.6 Å². The number of hydrogen-bond acceptors (Lipinski definition) is 6. The van der Waals surface area contributed by atoms with Gasteiger partial charge in [0.25, 0.3) is 0 Å². The van der Waals surface area contributed by atoms with Crippen LogP contribution in [-0.2, 0) is 16.0 Å². The van der Waals surface area contributed by atoms with Crippen LogP contribution >= 0.6 is 0 Å². The molecule has 0 saturated heterocycles. The highest BCUT2D eigenvalue weighted by Gasteiger charge is 2.09. The summed E-state index contributed by atoms with van der Waals surface area (Å²) in [7, 11) is 0. The van der Waals surface area contributed by atoms with Crippen molar-refractivity contribution in [2.75, 3.05) is 13.2 Å². The molecule has 0 saturated carbocycles. The highest BCUT2D eigenvalue weighted by molar-refractivity contribution is 5.69. The summed E-state index contributed by atoms with van der Waals surface area (Å²) in [4.78, 5) is 15.0. The monoisotopic (exact) mass is 227 g/mol. The summed E-state index contributed by atoms with van der Waals surface area (Å²) in [5.41, 5.74) is 0. The van der Waals surface area contributed by atoms with Crippen LogP contribution in [0.1, 0.15) is 26.2 Å². The van der Waals surface area contributed by atoms with Crippen molar-refractivity contribution in [1.82, 2.24) is 15.5 Å². The zero-order valence-electron chi connectivity index (χ0n) is 9.60. The number of aromatic nitrogens is 2. The van der Waals surface area contributed by atoms with Gasteiger partial charge in [-0.3, -0.25) is 4.79 Å². The Kier molecular flexibility index (Phi) is 5.49. The molecule has 0 aliphatic rings. The first-order valence-corrected chi connectivity index (χ1v) is 5.37. The summed E-state index contributed by atoms with van der Waals surface area (Å²) in [5, 5.41) is 6.69. The topological polar surface area (TPSA) is 77.2 Å². The van der Waals surface area contributed by atoms with E-state index >= 15 is 0 Å². The van der Waals surface area contributed by atoms with E-state index in [2.05, 4.69) is 15.5 Å². The highest BCUT2D eigenvalue weighted by atomic mass is 16.5. The largest absolute Gasteiger partial charge is 0.466 e. The number of ether oxygens (including phenoxy) is 1. The minimum Gasteiger partial charge on any atom is -0.466 e. The Bertz CT molecular complexity index is 300. The van der Waals surface area contributed by atoms with E-state index in [1.165, 1.54) is 6.33 Å². The smallest absolute Gasteiger partial charge is 0.307 e. The Morgan fingerprint density at radius 1 is 1.69 bits per heavy atom. The molecule has 16 heavy (non-hydrogen) atoms. The van der Waals surface area contributed by atoms with Gasteiger partial charge in [-0.15, -0.1) is 0 Å². The molecule has 90 valence electrons. The molecule has 1 unspecified atom stereocenters. The lowest BCUT2D eigenvalue weighted by atomic mass is 10.2. The Morgan fingerprint density at radius 3 is 3.12 bits per heavy atom. The fraction of sp³-hybridized carbons (Fsp3) is 0.700. The van der Waals surface area contributed by atoms with Gasteiger partial charge in [0.05, 0.1) is 13.0 Å². The van der Waals surface area contributed by atoms with Crippen molar-refractivity contribution in [3.05, 3.63) is 12.2 Å². The van der Waals surface area contributed by atoms with E-state index in [0.717, 1.165) is 0 Å². The van der Waals surface area contributed by atoms with Crippen molar-refractivity contribution in [2.45, 2.75) is 32.7 Å². The van der Waals surface area contributed by atoms with Gasteiger partial charge in [-0.25, -0.2) is 0 Å². The molecule has 0 spiro atoms. The fourth-order valence-electron chi connectivity index (χ4n) is 1.27. The number of nitrogens with zero attached hydrogens (tertiary/aromatic N) is 2. The van der Waals surface area contributed by atoms with Gasteiger partial charge in [-0.05, 0) is 13.8 Å². The average Bonchev–Trinajstić information content (AvgIpc) is 2.70. The zero-order valence-corrected chi connectivity index (χ0v) is 9.60. The van der Waals surface area contributed by atoms with Gasteiger partial charge in [0, 0.05) is 19.0 Å². The quantitative estimate of drug-likeness (QED) is 0.685. The Balaban J connectivity index is 2.10. The van der Waals surface area contributed by atoms with E-state index in [1.54, 1.807) is 6.92 Å². The van der Waals surface area contributed by atoms with Crippen LogP contribution in [0.4, 0.5) is 0 Å². The van der Waals surface area contributed by atoms with Crippen LogP contribution in [0.25, 0.3) is 0 Å². The molecule has 0 aromatic carbocycles. The molecule has 0 aliphatic heterocycles. The molecule has 0 fully saturated rings. The third kappa shape index (κ3) is 4.88. The molecule has 1 aromatic heterocycles. The lowest BCUT2D eigenvalue weighted by molar-refractivity contribution is -0.143. The second-order valence-corrected chi connectivity index (χ2v) is 3.45. The lowest BCUT2D eigenvalue weighted by Crippen LogP contribution is -2.30. The first-order chi connectivity index (χ1) is 7.72. The van der Waals surface area contributed by atoms with Crippen LogP contribution in [0, 0.1) is 0 Å². The Hall–Kier alpha value is -1.43. The predicted octanol–water partition coefficient (Wildman–Crippen LogP) is 0.543. The summed E-state index contributed by atoms with van der Waals surface area (Å²) in [6, 6.07) is 0.0852. The molecule has 6 nitrogen and oxygen atoms in total. The van der Waals surface area contributed by atoms with Crippen LogP contribution < -0.4 is 5.32 Å². The molecule has 0 amide bonds. The van der Waals surface area contributed by atoms with Crippen LogP contribution in [0.15, 0.2) is 10.9 Å². The first-order valence-electron chi connectivity index (χ1n) is 5.37. The number of rotatable bonds is 7. The van der Waals surface area contributed by atoms with Gasteiger partial charge in [-0.2, -0.15) is 4.98 Å². The van der Waals surface area contributed by atoms with E-state index in [-0.39, 0.29) is 12.0 Å². The van der Waals surface area contributed by atoms with E-state index in [1.807, 2.05) is 6.92 Å². The molecule has 0 aliphatic carbocycles. The second-order valence-electron chi connectivity index (χ2n) is 3.45. The molecule has 1 rings (SSSR count). The van der Waals surface area contributed by atoms with Crippen LogP contribution in [0.3, 0.4) is 0 Å². The van der Waals surface area contributed by atoms with Gasteiger partial charge in [0.2, 0.25) is 5.89 Å². The molecular weight excluding hydrogens is 210 g/mol. The van der Waals surface area contributed by atoms with Crippen molar-refractivity contribution in [3.8, 4) is 0 Å². The SMILES string of the molecule is CCOC(=O)CC(C)NCCc1ncno1. The summed E-state index contributed by atoms with van der Waals surface area (Å²) in [6.07, 6.45) is 2.40. The minimum atomic E-state index is -0.180. The van der Waals surface area contributed by atoms with E-state index in [9.17, 15) is 4.79 Å². The molecule has 0 bridgehead atoms. The first kappa shape index (κ1) is 12.6. The maximum atomic E-state index is 11.1. The summed E-state index contributed by atoms with van der Waals surface area (Å²) in [5.74, 6) is 0.413. The van der Waals surface area contributed by atoms with Crippen LogP contribution in [-0.4, -0.2) is 35.3 Å². The summed E-state index contributed by atoms with van der Waals surface area (Å²) in [6.45, 7) is 4.85. The van der Waals surface area contributed by atoms with Gasteiger partial charge in [0.15, 0.2) is 6.33 Å². The maximum Gasteiger partial charge on any atom is 0.307 e. The van der Waals surface area contributed by atoms with Crippen molar-refractivity contribution < 1.29 is 14.1 Å². The van der Waals surface area contributed by atoms with Crippen molar-refractivity contribution in [1.29, 1.82) is 0 Å². The number of nitrogens with one attached hydrogen (secondary N) is 1. The molecule has 0 radical (unpaired) electrons. The minimum absolute atomic E-state index is 0.0852. The summed E-state index contributed by atoms with van der Waals surface area (Å²) < 4.78 is 9.69. The molecule has 1 aromatic rings. The van der Waals surface area contributed by atoms with Crippen molar-refractivity contribution in [2.24, 2.45) is 0 Å². The number of carbonyl (C=O) groups excluding carboxylic acids is 1. The fourth-order valence-corrected chi connectivity index (χ4v) is 1.27. The summed E-state index contributed by atoms with van der Waals surface area (Å²) >= 11 is 0. The number of carbonyl (C=O) groups is 1. The normalized spacial score (nSPS) is 12.4. The third-order valence-electron chi connectivity index (χ3n) is 2.02. The van der Waals surface area contributed by atoms with Crippen molar-refractivity contribution in [3.63, 3.8) is 0 Å². The Labute approximate surface area is 94.4 Å². The number of esters is 1. The van der Waals surface area contributed by atoms with E-state index in [0.29, 0.717) is 31.9 Å². The standard InChI is InChI=1S/C10H17N3O3/c1-3-15-10(14)6-8(2)11-5-4-9-12-7-13-16-9/h7-8,11H,3-6H2,1-2H3. The average molecular weight is 227 g/mol. The maximum absolute atomic E-state index is 11.1. The molecule has 1 N–H and O–H groups in total. The molecule has 1 atom stereocenters. The second kappa shape index (κ2) is 6.95. The molecule has 1 heterocycles. The molecular formula is C10H17N3O3. The lowest BCUT2D eigenvalue weighted by Gasteiger charge is -2.11. The van der Waals surface area contributed by atoms with Gasteiger partial charge in [0.1, 0.15) is 0 Å². The Morgan fingerprint density at radius 2 is 2.50 bits per heavy atom. The zero-order chi connectivity index (χ0) is 11.8. The van der Waals surface area contributed by atoms with Crippen LogP contribution in [0.2, 0.25) is 0 Å².